The van der Waals surface area contributed by atoms with Gasteiger partial charge in [0.15, 0.2) is 4.60 Å². The topological polar surface area (TPSA) is 101 Å². The first-order chi connectivity index (χ1) is 9.91. The molecule has 1 atom stereocenters. The molecule has 1 N–H and O–H groups in total. The van der Waals surface area contributed by atoms with Crippen molar-refractivity contribution >= 4 is 42.9 Å². The molecule has 0 unspecified atom stereocenters. The minimum Gasteiger partial charge on any atom is -0.394 e. The van der Waals surface area contributed by atoms with Crippen molar-refractivity contribution in [3.8, 4) is 0 Å². The zero-order chi connectivity index (χ0) is 15.2. The zero-order valence-corrected chi connectivity index (χ0v) is 13.7. The van der Waals surface area contributed by atoms with E-state index >= 15 is 0 Å². The molecule has 1 aliphatic heterocycles. The Hall–Kier alpha value is -1.26. The van der Waals surface area contributed by atoms with Crippen LogP contribution in [0.5, 0.6) is 0 Å². The van der Waals surface area contributed by atoms with Crippen molar-refractivity contribution in [2.24, 2.45) is 0 Å². The van der Waals surface area contributed by atoms with Gasteiger partial charge in [0.2, 0.25) is 5.95 Å². The molecule has 21 heavy (non-hydrogen) atoms. The summed E-state index contributed by atoms with van der Waals surface area (Å²) < 4.78 is 24.6. The lowest BCUT2D eigenvalue weighted by Crippen LogP contribution is -2.33. The van der Waals surface area contributed by atoms with E-state index in [1.54, 1.807) is 0 Å². The van der Waals surface area contributed by atoms with Crippen molar-refractivity contribution in [3.05, 3.63) is 10.8 Å². The normalized spacial score (nSPS) is 19.6. The summed E-state index contributed by atoms with van der Waals surface area (Å²) in [5.74, 6) is 0.479. The maximum absolute atomic E-state index is 11.7. The Labute approximate surface area is 130 Å². The highest BCUT2D eigenvalue weighted by Gasteiger charge is 2.27. The average Bonchev–Trinajstić information content (AvgIpc) is 3.02. The molecule has 1 saturated heterocycles. The summed E-state index contributed by atoms with van der Waals surface area (Å²) in [6.07, 6.45) is 4.38. The number of aliphatic hydroxyl groups is 1. The first-order valence-electron chi connectivity index (χ1n) is 6.41. The number of hydrogen-bond donors (Lipinski definition) is 1. The second-order valence-electron chi connectivity index (χ2n) is 4.97. The molecule has 10 heteroatoms. The highest BCUT2D eigenvalue weighted by molar-refractivity contribution is 9.10. The van der Waals surface area contributed by atoms with E-state index in [0.29, 0.717) is 21.6 Å². The van der Waals surface area contributed by atoms with Gasteiger partial charge in [-0.3, -0.25) is 0 Å². The molecule has 0 saturated carbocycles. The largest absolute Gasteiger partial charge is 0.394 e. The fraction of sp³-hybridized carbons (Fsp3) is 0.545. The van der Waals surface area contributed by atoms with Crippen molar-refractivity contribution in [2.45, 2.75) is 18.9 Å². The van der Waals surface area contributed by atoms with E-state index in [9.17, 15) is 13.5 Å². The van der Waals surface area contributed by atoms with E-state index in [2.05, 4.69) is 31.0 Å². The van der Waals surface area contributed by atoms with Crippen LogP contribution in [-0.2, 0) is 10.0 Å². The molecule has 2 aromatic rings. The van der Waals surface area contributed by atoms with Crippen LogP contribution in [0.15, 0.2) is 10.8 Å². The summed E-state index contributed by atoms with van der Waals surface area (Å²) in [5.41, 5.74) is 0.766. The molecule has 1 fully saturated rings. The number of nitrogens with zero attached hydrogens (tertiary/aromatic N) is 5. The van der Waals surface area contributed by atoms with Crippen LogP contribution < -0.4 is 4.90 Å². The van der Waals surface area contributed by atoms with Crippen LogP contribution in [0.3, 0.4) is 0 Å². The molecule has 2 aromatic heterocycles. The molecular weight excluding hydrogens is 362 g/mol. The maximum Gasteiger partial charge on any atom is 0.251 e. The van der Waals surface area contributed by atoms with Crippen molar-refractivity contribution in [2.75, 3.05) is 24.3 Å². The molecule has 0 radical (unpaired) electrons. The highest BCUT2D eigenvalue weighted by Crippen LogP contribution is 2.27. The van der Waals surface area contributed by atoms with Gasteiger partial charge in [-0.25, -0.2) is 18.4 Å². The predicted octanol–water partition coefficient (Wildman–Crippen LogP) is 0.358. The van der Waals surface area contributed by atoms with Gasteiger partial charge in [-0.15, -0.1) is 5.10 Å². The number of hydrogen-bond acceptors (Lipinski definition) is 7. The fourth-order valence-corrected chi connectivity index (χ4v) is 3.80. The predicted molar refractivity (Wildman–Crippen MR) is 80.7 cm³/mol. The second-order valence-corrected chi connectivity index (χ2v) is 7.54. The Balaban J connectivity index is 2.11. The van der Waals surface area contributed by atoms with E-state index in [0.717, 1.165) is 29.7 Å². The zero-order valence-electron chi connectivity index (χ0n) is 11.3. The molecule has 114 valence electrons. The van der Waals surface area contributed by atoms with Gasteiger partial charge >= 0.3 is 0 Å². The summed E-state index contributed by atoms with van der Waals surface area (Å²) in [5, 5.41) is 13.3. The lowest BCUT2D eigenvalue weighted by Gasteiger charge is -2.22. The van der Waals surface area contributed by atoms with E-state index in [1.807, 2.05) is 4.90 Å². The van der Waals surface area contributed by atoms with Crippen LogP contribution in [0.4, 0.5) is 5.95 Å². The molecule has 0 aromatic carbocycles. The molecule has 0 bridgehead atoms. The SMILES string of the molecule is CS(=O)(=O)n1nc(Br)c2nc(N3CCC[C@@H]3CO)ncc21. The van der Waals surface area contributed by atoms with Crippen molar-refractivity contribution in [3.63, 3.8) is 0 Å². The monoisotopic (exact) mass is 375 g/mol. The molecule has 8 nitrogen and oxygen atoms in total. The van der Waals surface area contributed by atoms with Gasteiger partial charge in [0.05, 0.1) is 25.1 Å². The molecule has 1 aliphatic rings. The third-order valence-corrected chi connectivity index (χ3v) is 4.94. The van der Waals surface area contributed by atoms with Gasteiger partial charge in [-0.1, -0.05) is 0 Å². The highest BCUT2D eigenvalue weighted by atomic mass is 79.9. The Morgan fingerprint density at radius 1 is 1.52 bits per heavy atom. The third kappa shape index (κ3) is 2.51. The number of halogens is 1. The number of aliphatic hydroxyl groups excluding tert-OH is 1. The van der Waals surface area contributed by atoms with Crippen LogP contribution in [-0.4, -0.2) is 58.1 Å². The van der Waals surface area contributed by atoms with Crippen LogP contribution >= 0.6 is 15.9 Å². The average molecular weight is 376 g/mol. The van der Waals surface area contributed by atoms with Gasteiger partial charge in [-0.05, 0) is 28.8 Å². The first-order valence-corrected chi connectivity index (χ1v) is 9.05. The van der Waals surface area contributed by atoms with Crippen LogP contribution in [0.25, 0.3) is 11.0 Å². The fourth-order valence-electron chi connectivity index (χ4n) is 2.52. The van der Waals surface area contributed by atoms with Gasteiger partial charge in [0.1, 0.15) is 11.0 Å². The summed E-state index contributed by atoms with van der Waals surface area (Å²) in [6.45, 7) is 0.819. The molecule has 0 spiro atoms. The Morgan fingerprint density at radius 3 is 2.95 bits per heavy atom. The van der Waals surface area contributed by atoms with Crippen LogP contribution in [0.1, 0.15) is 12.8 Å². The first kappa shape index (κ1) is 14.7. The van der Waals surface area contributed by atoms with Crippen LogP contribution in [0, 0.1) is 0 Å². The summed E-state index contributed by atoms with van der Waals surface area (Å²) >= 11 is 3.23. The quantitative estimate of drug-likeness (QED) is 0.825. The maximum atomic E-state index is 11.7. The lowest BCUT2D eigenvalue weighted by atomic mass is 10.2. The van der Waals surface area contributed by atoms with Gasteiger partial charge < -0.3 is 10.0 Å². The minimum atomic E-state index is -3.51. The van der Waals surface area contributed by atoms with Gasteiger partial charge in [0.25, 0.3) is 10.0 Å². The van der Waals surface area contributed by atoms with E-state index < -0.39 is 10.0 Å². The molecule has 3 rings (SSSR count). The summed E-state index contributed by atoms with van der Waals surface area (Å²) in [4.78, 5) is 10.6. The molecule has 3 heterocycles. The molecule has 0 aliphatic carbocycles. The molecule has 0 amide bonds. The number of rotatable bonds is 3. The summed E-state index contributed by atoms with van der Waals surface area (Å²) in [6, 6.07) is 0.00572. The second kappa shape index (κ2) is 5.18. The third-order valence-electron chi connectivity index (χ3n) is 3.50. The summed E-state index contributed by atoms with van der Waals surface area (Å²) in [7, 11) is -3.51. The number of aromatic nitrogens is 4. The Kier molecular flexibility index (Phi) is 3.62. The lowest BCUT2D eigenvalue weighted by molar-refractivity contribution is 0.265. The van der Waals surface area contributed by atoms with E-state index in [1.165, 1.54) is 6.20 Å². The van der Waals surface area contributed by atoms with E-state index in [-0.39, 0.29) is 12.6 Å². The van der Waals surface area contributed by atoms with Gasteiger partial charge in [-0.2, -0.15) is 4.09 Å². The van der Waals surface area contributed by atoms with Crippen LogP contribution in [0.2, 0.25) is 0 Å². The minimum absolute atomic E-state index is 0.00572. The van der Waals surface area contributed by atoms with Gasteiger partial charge in [0, 0.05) is 6.54 Å². The van der Waals surface area contributed by atoms with Crippen molar-refractivity contribution < 1.29 is 13.5 Å². The standard InChI is InChI=1S/C11H14BrN5O3S/c1-21(19,20)17-8-5-13-11(14-9(8)10(12)15-17)16-4-2-3-7(16)6-18/h5,7,18H,2-4,6H2,1H3/t7-/m1/s1. The molecular formula is C11H14BrN5O3S. The Morgan fingerprint density at radius 2 is 2.29 bits per heavy atom. The van der Waals surface area contributed by atoms with Crippen molar-refractivity contribution in [1.82, 2.24) is 19.2 Å². The Bertz CT molecular complexity index is 790. The smallest absolute Gasteiger partial charge is 0.251 e. The number of anilines is 1. The van der Waals surface area contributed by atoms with E-state index in [4.69, 9.17) is 0 Å². The number of fused-ring (bicyclic) bond motifs is 1. The van der Waals surface area contributed by atoms with Crippen molar-refractivity contribution in [1.29, 1.82) is 0 Å².